The molecule has 20 heavy (non-hydrogen) atoms. The second-order valence-corrected chi connectivity index (χ2v) is 5.10. The van der Waals surface area contributed by atoms with Gasteiger partial charge in [-0.05, 0) is 30.4 Å². The van der Waals surface area contributed by atoms with Crippen LogP contribution in [0.1, 0.15) is 40.6 Å². The molecule has 0 aliphatic heterocycles. The number of rotatable bonds is 2. The van der Waals surface area contributed by atoms with Gasteiger partial charge in [0.2, 0.25) is 0 Å². The smallest absolute Gasteiger partial charge is 0.359 e. The molecule has 1 heterocycles. The van der Waals surface area contributed by atoms with Crippen LogP contribution in [-0.2, 0) is 11.2 Å². The van der Waals surface area contributed by atoms with Crippen LogP contribution in [0.4, 0.5) is 0 Å². The van der Waals surface area contributed by atoms with E-state index in [2.05, 4.69) is 16.0 Å². The molecule has 4 nitrogen and oxygen atoms in total. The number of ether oxygens (including phenoxy) is 1. The third-order valence-electron chi connectivity index (χ3n) is 3.39. The summed E-state index contributed by atoms with van der Waals surface area (Å²) in [6, 6.07) is 8.07. The lowest BCUT2D eigenvalue weighted by Gasteiger charge is -2.25. The van der Waals surface area contributed by atoms with Crippen LogP contribution in [-0.4, -0.2) is 15.9 Å². The van der Waals surface area contributed by atoms with Crippen LogP contribution in [0.5, 0.6) is 0 Å². The number of aryl methyl sites for hydroxylation is 1. The number of hydrogen-bond donors (Lipinski definition) is 0. The fourth-order valence-electron chi connectivity index (χ4n) is 2.44. The van der Waals surface area contributed by atoms with Gasteiger partial charge in [-0.2, -0.15) is 0 Å². The van der Waals surface area contributed by atoms with Gasteiger partial charge >= 0.3 is 5.97 Å². The molecule has 0 saturated carbocycles. The van der Waals surface area contributed by atoms with Gasteiger partial charge < -0.3 is 4.74 Å². The van der Waals surface area contributed by atoms with Crippen molar-refractivity contribution in [2.24, 2.45) is 0 Å². The maximum absolute atomic E-state index is 12.1. The summed E-state index contributed by atoms with van der Waals surface area (Å²) in [5.41, 5.74) is 2.52. The van der Waals surface area contributed by atoms with Gasteiger partial charge in [-0.15, -0.1) is 0 Å². The average Bonchev–Trinajstić information content (AvgIpc) is 2.48. The Bertz CT molecular complexity index is 628. The normalized spacial score (nSPS) is 17.4. The van der Waals surface area contributed by atoms with E-state index >= 15 is 0 Å². The summed E-state index contributed by atoms with van der Waals surface area (Å²) in [6.45, 7) is 0. The van der Waals surface area contributed by atoms with Crippen molar-refractivity contribution in [3.8, 4) is 0 Å². The molecule has 0 radical (unpaired) electrons. The second kappa shape index (κ2) is 5.59. The topological polar surface area (TPSA) is 52.1 Å². The molecule has 1 aliphatic rings. The molecular formula is C15H13ClN2O2. The Morgan fingerprint density at radius 1 is 1.25 bits per heavy atom. The van der Waals surface area contributed by atoms with E-state index in [1.807, 2.05) is 18.2 Å². The summed E-state index contributed by atoms with van der Waals surface area (Å²) in [5, 5.41) is 0.254. The predicted molar refractivity (Wildman–Crippen MR) is 74.6 cm³/mol. The Kier molecular flexibility index (Phi) is 3.65. The highest BCUT2D eigenvalue weighted by atomic mass is 35.5. The number of hydrogen-bond acceptors (Lipinski definition) is 4. The fraction of sp³-hybridized carbons (Fsp3) is 0.267. The zero-order chi connectivity index (χ0) is 13.9. The minimum atomic E-state index is -0.462. The molecule has 1 aromatic heterocycles. The van der Waals surface area contributed by atoms with Crippen molar-refractivity contribution in [2.75, 3.05) is 0 Å². The van der Waals surface area contributed by atoms with Gasteiger partial charge in [0.25, 0.3) is 0 Å². The Labute approximate surface area is 121 Å². The van der Waals surface area contributed by atoms with E-state index in [4.69, 9.17) is 16.3 Å². The van der Waals surface area contributed by atoms with Gasteiger partial charge in [0, 0.05) is 0 Å². The number of carbonyl (C=O) groups is 1. The largest absolute Gasteiger partial charge is 0.453 e. The molecule has 1 aliphatic carbocycles. The maximum atomic E-state index is 12.1. The Balaban J connectivity index is 1.79. The number of halogens is 1. The van der Waals surface area contributed by atoms with Crippen molar-refractivity contribution in [3.63, 3.8) is 0 Å². The molecule has 0 spiro atoms. The van der Waals surface area contributed by atoms with E-state index in [9.17, 15) is 4.79 Å². The highest BCUT2D eigenvalue weighted by Crippen LogP contribution is 2.32. The first-order valence-corrected chi connectivity index (χ1v) is 6.88. The van der Waals surface area contributed by atoms with Gasteiger partial charge in [0.05, 0.1) is 12.4 Å². The van der Waals surface area contributed by atoms with E-state index in [1.54, 1.807) is 0 Å². The van der Waals surface area contributed by atoms with Gasteiger partial charge in [0.1, 0.15) is 11.3 Å². The van der Waals surface area contributed by atoms with Crippen molar-refractivity contribution in [1.82, 2.24) is 9.97 Å². The summed E-state index contributed by atoms with van der Waals surface area (Å²) in [7, 11) is 0. The Morgan fingerprint density at radius 3 is 2.90 bits per heavy atom. The van der Waals surface area contributed by atoms with Crippen LogP contribution >= 0.6 is 11.6 Å². The van der Waals surface area contributed by atoms with Crippen LogP contribution in [0.25, 0.3) is 0 Å². The monoisotopic (exact) mass is 288 g/mol. The number of aromatic nitrogens is 2. The molecule has 0 fully saturated rings. The molecule has 2 aromatic rings. The first kappa shape index (κ1) is 13.1. The molecule has 3 rings (SSSR count). The van der Waals surface area contributed by atoms with Crippen LogP contribution in [0.3, 0.4) is 0 Å². The second-order valence-electron chi connectivity index (χ2n) is 4.71. The van der Waals surface area contributed by atoms with Gasteiger partial charge in [0.15, 0.2) is 5.69 Å². The molecule has 1 atom stereocenters. The lowest BCUT2D eigenvalue weighted by molar-refractivity contribution is 0.0249. The number of carbonyl (C=O) groups excluding carboxylic acids is 1. The lowest BCUT2D eigenvalue weighted by atomic mass is 9.89. The van der Waals surface area contributed by atoms with Crippen molar-refractivity contribution in [2.45, 2.75) is 25.4 Å². The highest BCUT2D eigenvalue weighted by molar-refractivity contribution is 6.29. The highest BCUT2D eigenvalue weighted by Gasteiger charge is 2.24. The van der Waals surface area contributed by atoms with Crippen molar-refractivity contribution < 1.29 is 9.53 Å². The zero-order valence-corrected chi connectivity index (χ0v) is 11.5. The molecular weight excluding hydrogens is 276 g/mol. The van der Waals surface area contributed by atoms with Gasteiger partial charge in [-0.1, -0.05) is 35.9 Å². The molecule has 102 valence electrons. The molecule has 0 N–H and O–H groups in total. The molecule has 1 aromatic carbocycles. The number of benzene rings is 1. The zero-order valence-electron chi connectivity index (χ0n) is 10.8. The van der Waals surface area contributed by atoms with Crippen LogP contribution in [0, 0.1) is 0 Å². The van der Waals surface area contributed by atoms with Crippen LogP contribution in [0.15, 0.2) is 36.7 Å². The van der Waals surface area contributed by atoms with E-state index in [0.717, 1.165) is 24.8 Å². The Hall–Kier alpha value is -1.94. The summed E-state index contributed by atoms with van der Waals surface area (Å²) in [5.74, 6) is -0.462. The van der Waals surface area contributed by atoms with Gasteiger partial charge in [-0.25, -0.2) is 14.8 Å². The molecule has 0 bridgehead atoms. The van der Waals surface area contributed by atoms with E-state index < -0.39 is 5.97 Å². The lowest BCUT2D eigenvalue weighted by Crippen LogP contribution is -2.17. The SMILES string of the molecule is O=C(OC1CCCc2ccccc21)c1cnc(Cl)cn1. The summed E-state index contributed by atoms with van der Waals surface area (Å²) in [6.07, 6.45) is 5.35. The fourth-order valence-corrected chi connectivity index (χ4v) is 2.54. The molecule has 0 amide bonds. The van der Waals surface area contributed by atoms with E-state index in [0.29, 0.717) is 0 Å². The molecule has 1 unspecified atom stereocenters. The number of esters is 1. The third-order valence-corrected chi connectivity index (χ3v) is 3.59. The number of fused-ring (bicyclic) bond motifs is 1. The summed E-state index contributed by atoms with van der Waals surface area (Å²) >= 11 is 5.65. The van der Waals surface area contributed by atoms with E-state index in [-0.39, 0.29) is 17.0 Å². The summed E-state index contributed by atoms with van der Waals surface area (Å²) in [4.78, 5) is 19.8. The Morgan fingerprint density at radius 2 is 2.10 bits per heavy atom. The van der Waals surface area contributed by atoms with E-state index in [1.165, 1.54) is 18.0 Å². The first-order valence-electron chi connectivity index (χ1n) is 6.50. The standard InChI is InChI=1S/C15H13ClN2O2/c16-14-9-17-12(8-18-14)15(19)20-13-7-3-5-10-4-1-2-6-11(10)13/h1-2,4,6,8-9,13H,3,5,7H2. The predicted octanol–water partition coefficient (Wildman–Crippen LogP) is 3.36. The average molecular weight is 289 g/mol. The first-order chi connectivity index (χ1) is 9.74. The van der Waals surface area contributed by atoms with Crippen LogP contribution < -0.4 is 0 Å². The molecule has 0 saturated heterocycles. The maximum Gasteiger partial charge on any atom is 0.359 e. The minimum absolute atomic E-state index is 0.178. The van der Waals surface area contributed by atoms with Crippen LogP contribution in [0.2, 0.25) is 5.15 Å². The summed E-state index contributed by atoms with van der Waals surface area (Å²) < 4.78 is 5.56. The minimum Gasteiger partial charge on any atom is -0.453 e. The molecule has 5 heteroatoms. The number of nitrogens with zero attached hydrogens (tertiary/aromatic N) is 2. The van der Waals surface area contributed by atoms with Crippen molar-refractivity contribution >= 4 is 17.6 Å². The van der Waals surface area contributed by atoms with Crippen molar-refractivity contribution in [1.29, 1.82) is 0 Å². The quantitative estimate of drug-likeness (QED) is 0.795. The van der Waals surface area contributed by atoms with Crippen molar-refractivity contribution in [3.05, 3.63) is 58.6 Å². The third kappa shape index (κ3) is 2.65. The van der Waals surface area contributed by atoms with Gasteiger partial charge in [-0.3, -0.25) is 0 Å².